The third kappa shape index (κ3) is 5.28. The first kappa shape index (κ1) is 26.2. The van der Waals surface area contributed by atoms with Crippen LogP contribution in [-0.2, 0) is 4.79 Å². The standard InChI is InChI=1S/C27H28N4O5/c1-15(2)21(20(32)13-17(14-28)16-9-6-5-7-10-16)30-23-22(25(34)26(23)35)29-19-12-8-11-18(24(19)33)27(36)31(3)4/h5-12,15,17,21,29-30,33H,13H2,1-4H3/t17?,21-/m1/s1. The fourth-order valence-electron chi connectivity index (χ4n) is 3.87. The molecule has 0 fully saturated rings. The minimum atomic E-state index is -0.830. The van der Waals surface area contributed by atoms with Gasteiger partial charge in [0.1, 0.15) is 11.4 Å². The molecule has 0 bridgehead atoms. The SMILES string of the molecule is CC(C)[C@@H](Nc1c(Nc2cccc(C(=O)N(C)C)c2O)c(=O)c1=O)C(=O)CC(C#N)c1ccccc1. The predicted molar refractivity (Wildman–Crippen MR) is 137 cm³/mol. The molecule has 0 radical (unpaired) electrons. The number of hydrogen-bond donors (Lipinski definition) is 3. The Bertz CT molecular complexity index is 1380. The van der Waals surface area contributed by atoms with Gasteiger partial charge in [-0.2, -0.15) is 5.26 Å². The first-order valence-corrected chi connectivity index (χ1v) is 11.4. The van der Waals surface area contributed by atoms with Crippen LogP contribution >= 0.6 is 0 Å². The molecule has 1 amide bonds. The highest BCUT2D eigenvalue weighted by atomic mass is 16.3. The maximum atomic E-state index is 13.2. The summed E-state index contributed by atoms with van der Waals surface area (Å²) in [6.07, 6.45) is -0.0655. The Hall–Kier alpha value is -4.45. The van der Waals surface area contributed by atoms with Crippen LogP contribution in [0, 0.1) is 17.2 Å². The van der Waals surface area contributed by atoms with Crippen LogP contribution < -0.4 is 21.5 Å². The van der Waals surface area contributed by atoms with E-state index >= 15 is 0 Å². The zero-order valence-electron chi connectivity index (χ0n) is 20.5. The second kappa shape index (κ2) is 10.9. The fraction of sp³-hybridized carbons (Fsp3) is 0.296. The summed E-state index contributed by atoms with van der Waals surface area (Å²) in [6, 6.07) is 14.7. The van der Waals surface area contributed by atoms with Crippen molar-refractivity contribution in [2.24, 2.45) is 5.92 Å². The molecule has 3 N–H and O–H groups in total. The van der Waals surface area contributed by atoms with Crippen LogP contribution in [0.4, 0.5) is 17.1 Å². The van der Waals surface area contributed by atoms with E-state index in [2.05, 4.69) is 16.7 Å². The number of aromatic hydroxyl groups is 1. The van der Waals surface area contributed by atoms with Gasteiger partial charge in [-0.15, -0.1) is 0 Å². The van der Waals surface area contributed by atoms with E-state index in [-0.39, 0.29) is 46.5 Å². The van der Waals surface area contributed by atoms with Crippen LogP contribution in [0.5, 0.6) is 5.75 Å². The lowest BCUT2D eigenvalue weighted by Gasteiger charge is -2.25. The Labute approximate surface area is 208 Å². The number of benzene rings is 2. The molecule has 9 nitrogen and oxygen atoms in total. The van der Waals surface area contributed by atoms with Crippen LogP contribution in [0.15, 0.2) is 58.1 Å². The van der Waals surface area contributed by atoms with Crippen molar-refractivity contribution >= 4 is 28.8 Å². The Balaban J connectivity index is 1.85. The number of nitrogens with zero attached hydrogens (tertiary/aromatic N) is 2. The van der Waals surface area contributed by atoms with Crippen LogP contribution in [-0.4, -0.2) is 41.8 Å². The second-order valence-corrected chi connectivity index (χ2v) is 9.06. The Morgan fingerprint density at radius 2 is 1.64 bits per heavy atom. The molecule has 3 rings (SSSR count). The van der Waals surface area contributed by atoms with Crippen molar-refractivity contribution in [3.05, 3.63) is 80.1 Å². The number of nitriles is 1. The highest BCUT2D eigenvalue weighted by molar-refractivity contribution is 5.99. The van der Waals surface area contributed by atoms with Crippen molar-refractivity contribution in [2.45, 2.75) is 32.2 Å². The summed E-state index contributed by atoms with van der Waals surface area (Å²) in [7, 11) is 3.08. The molecule has 36 heavy (non-hydrogen) atoms. The van der Waals surface area contributed by atoms with Crippen molar-refractivity contribution in [2.75, 3.05) is 24.7 Å². The topological polar surface area (TPSA) is 140 Å². The van der Waals surface area contributed by atoms with E-state index in [0.717, 1.165) is 5.56 Å². The largest absolute Gasteiger partial charge is 0.505 e. The first-order valence-electron chi connectivity index (χ1n) is 11.4. The van der Waals surface area contributed by atoms with E-state index in [1.165, 1.54) is 37.2 Å². The van der Waals surface area contributed by atoms with Crippen molar-refractivity contribution in [1.82, 2.24) is 4.90 Å². The second-order valence-electron chi connectivity index (χ2n) is 9.06. The first-order chi connectivity index (χ1) is 17.1. The van der Waals surface area contributed by atoms with Gasteiger partial charge in [-0.25, -0.2) is 0 Å². The maximum Gasteiger partial charge on any atom is 0.257 e. The highest BCUT2D eigenvalue weighted by Crippen LogP contribution is 2.32. The smallest absolute Gasteiger partial charge is 0.257 e. The van der Waals surface area contributed by atoms with Gasteiger partial charge in [-0.1, -0.05) is 50.2 Å². The van der Waals surface area contributed by atoms with Crippen LogP contribution in [0.25, 0.3) is 0 Å². The van der Waals surface area contributed by atoms with E-state index in [1.54, 1.807) is 38.1 Å². The zero-order chi connectivity index (χ0) is 26.6. The molecule has 0 heterocycles. The number of phenolic OH excluding ortho intramolecular Hbond substituents is 1. The van der Waals surface area contributed by atoms with E-state index in [0.29, 0.717) is 0 Å². The van der Waals surface area contributed by atoms with E-state index < -0.39 is 28.7 Å². The number of anilines is 3. The summed E-state index contributed by atoms with van der Waals surface area (Å²) in [6.45, 7) is 3.58. The average molecular weight is 489 g/mol. The third-order valence-corrected chi connectivity index (χ3v) is 5.92. The number of phenols is 1. The number of Topliss-reactive ketones (excluding diaryl/α,β-unsaturated/α-hetero) is 1. The van der Waals surface area contributed by atoms with Gasteiger partial charge in [-0.05, 0) is 23.6 Å². The summed E-state index contributed by atoms with van der Waals surface area (Å²) < 4.78 is 0. The minimum absolute atomic E-state index is 0.0249. The molecular weight excluding hydrogens is 460 g/mol. The Morgan fingerprint density at radius 3 is 2.22 bits per heavy atom. The molecule has 0 aliphatic rings. The van der Waals surface area contributed by atoms with Gasteiger partial charge in [0.15, 0.2) is 11.5 Å². The van der Waals surface area contributed by atoms with E-state index in [4.69, 9.17) is 0 Å². The fourth-order valence-corrected chi connectivity index (χ4v) is 3.87. The van der Waals surface area contributed by atoms with Gasteiger partial charge in [-0.3, -0.25) is 19.2 Å². The number of ketones is 1. The van der Waals surface area contributed by atoms with Crippen molar-refractivity contribution in [3.8, 4) is 11.8 Å². The molecule has 0 aliphatic heterocycles. The molecular formula is C27H28N4O5. The maximum absolute atomic E-state index is 13.2. The predicted octanol–water partition coefficient (Wildman–Crippen LogP) is 3.14. The van der Waals surface area contributed by atoms with Crippen molar-refractivity contribution < 1.29 is 14.7 Å². The van der Waals surface area contributed by atoms with Crippen molar-refractivity contribution in [1.29, 1.82) is 5.26 Å². The number of carbonyl (C=O) groups excluding carboxylic acids is 2. The van der Waals surface area contributed by atoms with Crippen molar-refractivity contribution in [3.63, 3.8) is 0 Å². The van der Waals surface area contributed by atoms with E-state index in [1.807, 2.05) is 6.07 Å². The molecule has 9 heteroatoms. The molecule has 186 valence electrons. The van der Waals surface area contributed by atoms with Gasteiger partial charge in [0.05, 0.1) is 29.3 Å². The molecule has 0 saturated carbocycles. The summed E-state index contributed by atoms with van der Waals surface area (Å²) in [4.78, 5) is 51.5. The number of rotatable bonds is 10. The molecule has 0 spiro atoms. The number of hydrogen-bond acceptors (Lipinski definition) is 8. The van der Waals surface area contributed by atoms with Gasteiger partial charge in [0, 0.05) is 20.5 Å². The quantitative estimate of drug-likeness (QED) is 0.292. The number of carbonyl (C=O) groups is 2. The molecule has 3 aromatic carbocycles. The molecule has 2 atom stereocenters. The normalized spacial score (nSPS) is 12.6. The summed E-state index contributed by atoms with van der Waals surface area (Å²) in [5.74, 6) is -1.98. The zero-order valence-corrected chi connectivity index (χ0v) is 20.5. The van der Waals surface area contributed by atoms with Gasteiger partial charge in [0.25, 0.3) is 16.8 Å². The molecule has 0 aliphatic carbocycles. The summed E-state index contributed by atoms with van der Waals surface area (Å²) >= 11 is 0. The van der Waals surface area contributed by atoms with Crippen LogP contribution in [0.1, 0.15) is 42.1 Å². The monoisotopic (exact) mass is 488 g/mol. The Kier molecular flexibility index (Phi) is 7.90. The lowest BCUT2D eigenvalue weighted by Crippen LogP contribution is -2.43. The average Bonchev–Trinajstić information content (AvgIpc) is 2.87. The molecule has 3 aromatic rings. The van der Waals surface area contributed by atoms with E-state index in [9.17, 15) is 29.5 Å². The summed E-state index contributed by atoms with van der Waals surface area (Å²) in [5, 5.41) is 25.8. The van der Waals surface area contributed by atoms with Gasteiger partial charge < -0.3 is 20.6 Å². The minimum Gasteiger partial charge on any atom is -0.505 e. The lowest BCUT2D eigenvalue weighted by molar-refractivity contribution is -0.120. The molecule has 1 unspecified atom stereocenters. The molecule has 0 saturated heterocycles. The number of nitrogens with one attached hydrogen (secondary N) is 2. The number of para-hydroxylation sites is 1. The number of amides is 1. The highest BCUT2D eigenvalue weighted by Gasteiger charge is 2.31. The van der Waals surface area contributed by atoms with Crippen LogP contribution in [0.3, 0.4) is 0 Å². The van der Waals surface area contributed by atoms with Gasteiger partial charge in [0.2, 0.25) is 0 Å². The third-order valence-electron chi connectivity index (χ3n) is 5.92. The lowest BCUT2D eigenvalue weighted by atomic mass is 9.89. The van der Waals surface area contributed by atoms with Gasteiger partial charge >= 0.3 is 0 Å². The Morgan fingerprint density at radius 1 is 1.00 bits per heavy atom. The molecule has 0 aromatic heterocycles. The summed E-state index contributed by atoms with van der Waals surface area (Å²) in [5.41, 5.74) is -0.982. The van der Waals surface area contributed by atoms with Crippen LogP contribution in [0.2, 0.25) is 0 Å².